The fraction of sp³-hybridized carbons (Fsp3) is 0.467. The van der Waals surface area contributed by atoms with Crippen molar-refractivity contribution in [1.29, 1.82) is 0 Å². The lowest BCUT2D eigenvalue weighted by molar-refractivity contribution is 0.0525. The molecule has 0 aromatic heterocycles. The molecule has 0 saturated carbocycles. The van der Waals surface area contributed by atoms with E-state index in [1.54, 1.807) is 20.8 Å². The number of carbonyl (C=O) groups excluding carboxylic acids is 1. The molecule has 0 aliphatic heterocycles. The number of alkyl carbamates (subject to hydrolysis) is 1. The highest BCUT2D eigenvalue weighted by molar-refractivity contribution is 5.91. The van der Waals surface area contributed by atoms with Crippen molar-refractivity contribution < 1.29 is 29.3 Å². The summed E-state index contributed by atoms with van der Waals surface area (Å²) in [7, 11) is 0. The van der Waals surface area contributed by atoms with Crippen molar-refractivity contribution in [2.75, 3.05) is 13.2 Å². The van der Waals surface area contributed by atoms with Crippen molar-refractivity contribution in [2.24, 2.45) is 0 Å². The zero-order valence-corrected chi connectivity index (χ0v) is 12.9. The van der Waals surface area contributed by atoms with E-state index in [1.807, 2.05) is 0 Å². The van der Waals surface area contributed by atoms with E-state index in [-0.39, 0.29) is 23.7 Å². The smallest absolute Gasteiger partial charge is 0.407 e. The summed E-state index contributed by atoms with van der Waals surface area (Å²) in [5.41, 5.74) is -0.587. The minimum absolute atomic E-state index is 0.0297. The van der Waals surface area contributed by atoms with Gasteiger partial charge in [-0.1, -0.05) is 0 Å². The number of aromatic hydroxyl groups is 1. The summed E-state index contributed by atoms with van der Waals surface area (Å²) in [5, 5.41) is 20.9. The van der Waals surface area contributed by atoms with Crippen LogP contribution in [0.15, 0.2) is 18.2 Å². The molecule has 0 heterocycles. The summed E-state index contributed by atoms with van der Waals surface area (Å²) in [5.74, 6) is -1.13. The molecule has 122 valence electrons. The van der Waals surface area contributed by atoms with Crippen LogP contribution in [-0.4, -0.2) is 41.0 Å². The Morgan fingerprint density at radius 3 is 2.55 bits per heavy atom. The van der Waals surface area contributed by atoms with E-state index in [2.05, 4.69) is 5.32 Å². The predicted octanol–water partition coefficient (Wildman–Crippen LogP) is 2.38. The molecule has 7 heteroatoms. The molecule has 0 aliphatic carbocycles. The van der Waals surface area contributed by atoms with Gasteiger partial charge in [0.2, 0.25) is 0 Å². The summed E-state index contributed by atoms with van der Waals surface area (Å²) >= 11 is 0. The van der Waals surface area contributed by atoms with Gasteiger partial charge in [0.15, 0.2) is 0 Å². The highest BCUT2D eigenvalue weighted by Crippen LogP contribution is 2.24. The second-order valence-corrected chi connectivity index (χ2v) is 5.62. The van der Waals surface area contributed by atoms with Crippen LogP contribution in [0.1, 0.15) is 37.6 Å². The van der Waals surface area contributed by atoms with Crippen molar-refractivity contribution in [1.82, 2.24) is 5.32 Å². The SMILES string of the molecule is CC(C)(C)OC(=O)NCCCOc1cc(O)ccc1C(=O)O. The summed E-state index contributed by atoms with van der Waals surface area (Å²) in [6.45, 7) is 5.83. The maximum absolute atomic E-state index is 11.4. The van der Waals surface area contributed by atoms with E-state index in [9.17, 15) is 14.7 Å². The van der Waals surface area contributed by atoms with Gasteiger partial charge in [-0.25, -0.2) is 9.59 Å². The third-order valence-electron chi connectivity index (χ3n) is 2.44. The molecular weight excluding hydrogens is 290 g/mol. The van der Waals surface area contributed by atoms with Crippen LogP contribution in [0, 0.1) is 0 Å². The van der Waals surface area contributed by atoms with Crippen LogP contribution in [0.5, 0.6) is 11.5 Å². The van der Waals surface area contributed by atoms with Gasteiger partial charge in [0.25, 0.3) is 0 Å². The summed E-state index contributed by atoms with van der Waals surface area (Å²) < 4.78 is 10.4. The Bertz CT molecular complexity index is 535. The van der Waals surface area contributed by atoms with Gasteiger partial charge in [0, 0.05) is 12.6 Å². The number of hydrogen-bond acceptors (Lipinski definition) is 5. The normalized spacial score (nSPS) is 10.9. The molecule has 3 N–H and O–H groups in total. The van der Waals surface area contributed by atoms with Crippen LogP contribution < -0.4 is 10.1 Å². The molecule has 0 fully saturated rings. The van der Waals surface area contributed by atoms with Gasteiger partial charge in [-0.3, -0.25) is 0 Å². The first-order valence-electron chi connectivity index (χ1n) is 6.85. The number of amides is 1. The zero-order valence-electron chi connectivity index (χ0n) is 12.9. The molecule has 0 saturated heterocycles. The number of ether oxygens (including phenoxy) is 2. The fourth-order valence-electron chi connectivity index (χ4n) is 1.57. The minimum Gasteiger partial charge on any atom is -0.508 e. The largest absolute Gasteiger partial charge is 0.508 e. The number of carbonyl (C=O) groups is 2. The van der Waals surface area contributed by atoms with Gasteiger partial charge in [-0.05, 0) is 39.3 Å². The van der Waals surface area contributed by atoms with Crippen molar-refractivity contribution in [3.63, 3.8) is 0 Å². The monoisotopic (exact) mass is 311 g/mol. The lowest BCUT2D eigenvalue weighted by atomic mass is 10.2. The fourth-order valence-corrected chi connectivity index (χ4v) is 1.57. The van der Waals surface area contributed by atoms with Gasteiger partial charge in [-0.2, -0.15) is 0 Å². The molecule has 1 aromatic carbocycles. The number of aromatic carboxylic acids is 1. The average Bonchev–Trinajstić information content (AvgIpc) is 2.35. The first kappa shape index (κ1) is 17.6. The molecule has 0 radical (unpaired) electrons. The molecule has 0 bridgehead atoms. The first-order valence-corrected chi connectivity index (χ1v) is 6.85. The van der Waals surface area contributed by atoms with Crippen molar-refractivity contribution >= 4 is 12.1 Å². The van der Waals surface area contributed by atoms with Crippen LogP contribution in [0.25, 0.3) is 0 Å². The van der Waals surface area contributed by atoms with Crippen LogP contribution in [0.2, 0.25) is 0 Å². The van der Waals surface area contributed by atoms with Gasteiger partial charge in [0.05, 0.1) is 6.61 Å². The number of carboxylic acid groups (broad SMARTS) is 1. The minimum atomic E-state index is -1.14. The molecule has 0 atom stereocenters. The number of benzene rings is 1. The highest BCUT2D eigenvalue weighted by atomic mass is 16.6. The van der Waals surface area contributed by atoms with Crippen LogP contribution in [0.3, 0.4) is 0 Å². The lowest BCUT2D eigenvalue weighted by Crippen LogP contribution is -2.33. The van der Waals surface area contributed by atoms with E-state index in [0.717, 1.165) is 0 Å². The molecule has 22 heavy (non-hydrogen) atoms. The van der Waals surface area contributed by atoms with E-state index in [1.165, 1.54) is 18.2 Å². The van der Waals surface area contributed by atoms with E-state index < -0.39 is 17.7 Å². The number of phenolic OH excluding ortho intramolecular Hbond substituents is 1. The molecule has 7 nitrogen and oxygen atoms in total. The van der Waals surface area contributed by atoms with E-state index in [4.69, 9.17) is 14.6 Å². The Labute approximate surface area is 128 Å². The van der Waals surface area contributed by atoms with Gasteiger partial charge < -0.3 is 25.0 Å². The summed E-state index contributed by atoms with van der Waals surface area (Å²) in [6, 6.07) is 3.79. The zero-order chi connectivity index (χ0) is 16.8. The van der Waals surface area contributed by atoms with Crippen molar-refractivity contribution in [3.05, 3.63) is 23.8 Å². The molecule has 1 rings (SSSR count). The maximum Gasteiger partial charge on any atom is 0.407 e. The third kappa shape index (κ3) is 6.34. The lowest BCUT2D eigenvalue weighted by Gasteiger charge is -2.19. The number of phenols is 1. The second kappa shape index (κ2) is 7.53. The van der Waals surface area contributed by atoms with E-state index >= 15 is 0 Å². The highest BCUT2D eigenvalue weighted by Gasteiger charge is 2.15. The van der Waals surface area contributed by atoms with Crippen LogP contribution >= 0.6 is 0 Å². The van der Waals surface area contributed by atoms with E-state index in [0.29, 0.717) is 13.0 Å². The Hall–Kier alpha value is -2.44. The summed E-state index contributed by atoms with van der Waals surface area (Å²) in [4.78, 5) is 22.4. The molecule has 1 amide bonds. The standard InChI is InChI=1S/C15H21NO6/c1-15(2,3)22-14(20)16-7-4-8-21-12-9-10(17)5-6-11(12)13(18)19/h5-6,9,17H,4,7-8H2,1-3H3,(H,16,20)(H,18,19). The summed E-state index contributed by atoms with van der Waals surface area (Å²) in [6.07, 6.45) is -0.0513. The topological polar surface area (TPSA) is 105 Å². The molecule has 0 aliphatic rings. The average molecular weight is 311 g/mol. The second-order valence-electron chi connectivity index (χ2n) is 5.62. The maximum atomic E-state index is 11.4. The number of nitrogens with one attached hydrogen (secondary N) is 1. The van der Waals surface area contributed by atoms with Crippen LogP contribution in [0.4, 0.5) is 4.79 Å². The Kier molecular flexibility index (Phi) is 6.03. The van der Waals surface area contributed by atoms with Crippen LogP contribution in [-0.2, 0) is 4.74 Å². The Morgan fingerprint density at radius 1 is 1.27 bits per heavy atom. The van der Waals surface area contributed by atoms with Crippen molar-refractivity contribution in [2.45, 2.75) is 32.8 Å². The Balaban J connectivity index is 2.38. The molecule has 0 spiro atoms. The van der Waals surface area contributed by atoms with Gasteiger partial charge in [-0.15, -0.1) is 0 Å². The Morgan fingerprint density at radius 2 is 1.95 bits per heavy atom. The third-order valence-corrected chi connectivity index (χ3v) is 2.44. The number of carboxylic acids is 1. The van der Waals surface area contributed by atoms with Crippen molar-refractivity contribution in [3.8, 4) is 11.5 Å². The quantitative estimate of drug-likeness (QED) is 0.697. The number of hydrogen-bond donors (Lipinski definition) is 3. The molecule has 1 aromatic rings. The molecular formula is C15H21NO6. The van der Waals surface area contributed by atoms with Gasteiger partial charge >= 0.3 is 12.1 Å². The predicted molar refractivity (Wildman–Crippen MR) is 79.4 cm³/mol. The number of rotatable bonds is 6. The molecule has 0 unspecified atom stereocenters. The first-order chi connectivity index (χ1) is 10.2. The van der Waals surface area contributed by atoms with Gasteiger partial charge in [0.1, 0.15) is 22.7 Å².